The minimum absolute atomic E-state index is 0.231. The number of hydrogen-bond acceptors (Lipinski definition) is 4. The average molecular weight is 465 g/mol. The van der Waals surface area contributed by atoms with Gasteiger partial charge in [-0.25, -0.2) is 0 Å². The maximum absolute atomic E-state index is 4.77. The van der Waals surface area contributed by atoms with Crippen LogP contribution in [0.4, 0.5) is 0 Å². The van der Waals surface area contributed by atoms with Crippen LogP contribution in [0.3, 0.4) is 0 Å². The molecule has 4 rings (SSSR count). The summed E-state index contributed by atoms with van der Waals surface area (Å²) < 4.78 is 2.95. The summed E-state index contributed by atoms with van der Waals surface area (Å²) in [6.07, 6.45) is 1.90. The highest BCUT2D eigenvalue weighted by molar-refractivity contribution is 9.10. The van der Waals surface area contributed by atoms with E-state index in [2.05, 4.69) is 107 Å². The molecule has 0 bridgehead atoms. The van der Waals surface area contributed by atoms with Crippen molar-refractivity contribution in [2.75, 3.05) is 0 Å². The first-order valence-electron chi connectivity index (χ1n) is 9.46. The molecule has 0 saturated heterocycles. The minimum atomic E-state index is 0.231. The van der Waals surface area contributed by atoms with Crippen molar-refractivity contribution in [2.45, 2.75) is 30.7 Å². The van der Waals surface area contributed by atoms with E-state index in [1.807, 2.05) is 10.9 Å². The first kappa shape index (κ1) is 19.9. The van der Waals surface area contributed by atoms with Crippen LogP contribution in [-0.4, -0.2) is 21.1 Å². The zero-order chi connectivity index (χ0) is 20.2. The van der Waals surface area contributed by atoms with Gasteiger partial charge >= 0.3 is 0 Å². The SMILES string of the molecule is CC(C)c1nnc(SCc2ccc(Br)cc2)n1/N=C/c1cccc2ccccc12. The number of halogens is 1. The summed E-state index contributed by atoms with van der Waals surface area (Å²) in [5, 5.41) is 16.7. The van der Waals surface area contributed by atoms with Crippen molar-refractivity contribution in [1.82, 2.24) is 14.9 Å². The summed E-state index contributed by atoms with van der Waals surface area (Å²) in [6.45, 7) is 4.22. The fraction of sp³-hybridized carbons (Fsp3) is 0.174. The third-order valence-electron chi connectivity index (χ3n) is 4.57. The van der Waals surface area contributed by atoms with Crippen LogP contribution in [0.1, 0.15) is 36.7 Å². The van der Waals surface area contributed by atoms with Crippen molar-refractivity contribution in [1.29, 1.82) is 0 Å². The topological polar surface area (TPSA) is 43.1 Å². The van der Waals surface area contributed by atoms with Gasteiger partial charge in [0.1, 0.15) is 0 Å². The fourth-order valence-electron chi connectivity index (χ4n) is 3.05. The molecule has 0 aliphatic heterocycles. The molecule has 4 aromatic rings. The summed E-state index contributed by atoms with van der Waals surface area (Å²) in [5.41, 5.74) is 2.31. The van der Waals surface area contributed by atoms with Crippen LogP contribution in [0.2, 0.25) is 0 Å². The molecule has 0 N–H and O–H groups in total. The second kappa shape index (κ2) is 8.93. The Kier molecular flexibility index (Phi) is 6.11. The van der Waals surface area contributed by atoms with Crippen molar-refractivity contribution in [3.8, 4) is 0 Å². The van der Waals surface area contributed by atoms with Gasteiger partial charge < -0.3 is 0 Å². The van der Waals surface area contributed by atoms with E-state index in [-0.39, 0.29) is 5.92 Å². The van der Waals surface area contributed by atoms with Gasteiger partial charge in [0.25, 0.3) is 0 Å². The van der Waals surface area contributed by atoms with Crippen LogP contribution in [0.5, 0.6) is 0 Å². The predicted molar refractivity (Wildman–Crippen MR) is 125 cm³/mol. The number of hydrogen-bond donors (Lipinski definition) is 0. The fourth-order valence-corrected chi connectivity index (χ4v) is 4.16. The smallest absolute Gasteiger partial charge is 0.191 e. The Morgan fingerprint density at radius 2 is 1.76 bits per heavy atom. The zero-order valence-electron chi connectivity index (χ0n) is 16.3. The van der Waals surface area contributed by atoms with Gasteiger partial charge in [-0.3, -0.25) is 0 Å². The molecule has 4 nitrogen and oxygen atoms in total. The van der Waals surface area contributed by atoms with Crippen LogP contribution in [0.15, 0.2) is 81.5 Å². The quantitative estimate of drug-likeness (QED) is 0.241. The third kappa shape index (κ3) is 4.60. The Balaban J connectivity index is 1.64. The monoisotopic (exact) mass is 464 g/mol. The van der Waals surface area contributed by atoms with Gasteiger partial charge in [-0.2, -0.15) is 9.78 Å². The number of nitrogens with zero attached hydrogens (tertiary/aromatic N) is 4. The molecule has 0 amide bonds. The molecule has 0 saturated carbocycles. The summed E-state index contributed by atoms with van der Waals surface area (Å²) in [4.78, 5) is 0. The van der Waals surface area contributed by atoms with E-state index < -0.39 is 0 Å². The lowest BCUT2D eigenvalue weighted by molar-refractivity contribution is 0.667. The third-order valence-corrected chi connectivity index (χ3v) is 6.09. The van der Waals surface area contributed by atoms with Gasteiger partial charge in [0.15, 0.2) is 5.82 Å². The number of rotatable bonds is 6. The molecule has 0 spiro atoms. The van der Waals surface area contributed by atoms with Gasteiger partial charge in [0, 0.05) is 21.7 Å². The normalized spacial score (nSPS) is 11.7. The van der Waals surface area contributed by atoms with E-state index in [0.29, 0.717) is 0 Å². The van der Waals surface area contributed by atoms with Gasteiger partial charge in [0.05, 0.1) is 6.21 Å². The van der Waals surface area contributed by atoms with Crippen LogP contribution >= 0.6 is 27.7 Å². The van der Waals surface area contributed by atoms with Crippen molar-refractivity contribution in [2.24, 2.45) is 5.10 Å². The van der Waals surface area contributed by atoms with E-state index in [0.717, 1.165) is 26.8 Å². The van der Waals surface area contributed by atoms with Gasteiger partial charge in [0.2, 0.25) is 5.16 Å². The first-order chi connectivity index (χ1) is 14.1. The average Bonchev–Trinajstić information content (AvgIpc) is 3.15. The molecule has 0 fully saturated rings. The molecule has 0 atom stereocenters. The number of aromatic nitrogens is 3. The molecule has 3 aromatic carbocycles. The maximum Gasteiger partial charge on any atom is 0.212 e. The summed E-state index contributed by atoms with van der Waals surface area (Å²) in [5.74, 6) is 1.90. The zero-order valence-corrected chi connectivity index (χ0v) is 18.7. The standard InChI is InChI=1S/C23H21BrN4S/c1-16(2)22-26-27-23(29-15-17-10-12-20(24)13-11-17)28(22)25-14-19-8-5-7-18-6-3-4-9-21(18)19/h3-14,16H,15H2,1-2H3/b25-14+. The molecule has 1 heterocycles. The summed E-state index contributed by atoms with van der Waals surface area (Å²) >= 11 is 5.12. The lowest BCUT2D eigenvalue weighted by atomic mass is 10.1. The molecule has 0 radical (unpaired) electrons. The van der Waals surface area contributed by atoms with Crippen LogP contribution in [-0.2, 0) is 5.75 Å². The Hall–Kier alpha value is -2.44. The highest BCUT2D eigenvalue weighted by atomic mass is 79.9. The predicted octanol–water partition coefficient (Wildman–Crippen LogP) is 6.49. The lowest BCUT2D eigenvalue weighted by Crippen LogP contribution is -2.02. The van der Waals surface area contributed by atoms with Crippen molar-refractivity contribution >= 4 is 44.7 Å². The Morgan fingerprint density at radius 3 is 2.55 bits per heavy atom. The Morgan fingerprint density at radius 1 is 1.00 bits per heavy atom. The van der Waals surface area contributed by atoms with E-state index in [1.54, 1.807) is 11.8 Å². The van der Waals surface area contributed by atoms with Gasteiger partial charge in [-0.05, 0) is 28.5 Å². The molecule has 0 aliphatic rings. The molecule has 0 aliphatic carbocycles. The molecule has 6 heteroatoms. The molecular formula is C23H21BrN4S. The molecule has 0 unspecified atom stereocenters. The van der Waals surface area contributed by atoms with Gasteiger partial charge in [-0.15, -0.1) is 10.2 Å². The maximum atomic E-state index is 4.77. The van der Waals surface area contributed by atoms with E-state index in [4.69, 9.17) is 5.10 Å². The summed E-state index contributed by atoms with van der Waals surface area (Å²) in [7, 11) is 0. The van der Waals surface area contributed by atoms with Crippen molar-refractivity contribution in [3.63, 3.8) is 0 Å². The van der Waals surface area contributed by atoms with E-state index >= 15 is 0 Å². The lowest BCUT2D eigenvalue weighted by Gasteiger charge is -2.07. The molecule has 1 aromatic heterocycles. The van der Waals surface area contributed by atoms with Crippen LogP contribution in [0, 0.1) is 0 Å². The highest BCUT2D eigenvalue weighted by Gasteiger charge is 2.15. The number of benzene rings is 3. The van der Waals surface area contributed by atoms with Crippen LogP contribution in [0.25, 0.3) is 10.8 Å². The Labute approximate surface area is 183 Å². The second-order valence-electron chi connectivity index (χ2n) is 7.04. The highest BCUT2D eigenvalue weighted by Crippen LogP contribution is 2.25. The van der Waals surface area contributed by atoms with E-state index in [1.165, 1.54) is 16.3 Å². The number of thioether (sulfide) groups is 1. The summed E-state index contributed by atoms with van der Waals surface area (Å²) in [6, 6.07) is 22.9. The second-order valence-corrected chi connectivity index (χ2v) is 8.89. The minimum Gasteiger partial charge on any atom is -0.191 e. The molecular weight excluding hydrogens is 444 g/mol. The van der Waals surface area contributed by atoms with Gasteiger partial charge in [-0.1, -0.05) is 96.1 Å². The molecule has 146 valence electrons. The van der Waals surface area contributed by atoms with Crippen molar-refractivity contribution < 1.29 is 0 Å². The number of fused-ring (bicyclic) bond motifs is 1. The Bertz CT molecular complexity index is 1140. The van der Waals surface area contributed by atoms with E-state index in [9.17, 15) is 0 Å². The van der Waals surface area contributed by atoms with Crippen molar-refractivity contribution in [3.05, 3.63) is 88.2 Å². The van der Waals surface area contributed by atoms with Crippen LogP contribution < -0.4 is 0 Å². The molecule has 29 heavy (non-hydrogen) atoms. The largest absolute Gasteiger partial charge is 0.212 e. The first-order valence-corrected chi connectivity index (χ1v) is 11.2.